The lowest BCUT2D eigenvalue weighted by Crippen LogP contribution is -2.17. The predicted molar refractivity (Wildman–Crippen MR) is 97.5 cm³/mol. The molecule has 3 aromatic rings. The maximum absolute atomic E-state index is 10.9. The molecule has 3 rings (SSSR count). The Balaban J connectivity index is 1.62. The lowest BCUT2D eigenvalue weighted by atomic mass is 10.0. The van der Waals surface area contributed by atoms with Crippen LogP contribution in [0.3, 0.4) is 0 Å². The second kappa shape index (κ2) is 8.12. The normalized spacial score (nSPS) is 12.3. The molecule has 3 N–H and O–H groups in total. The summed E-state index contributed by atoms with van der Waals surface area (Å²) in [6.07, 6.45) is 1.53. The zero-order valence-electron chi connectivity index (χ0n) is 14.6. The number of nitrogens with zero attached hydrogens (tertiary/aromatic N) is 1. The highest BCUT2D eigenvalue weighted by molar-refractivity contribution is 5.77. The van der Waals surface area contributed by atoms with Crippen LogP contribution >= 0.6 is 0 Å². The summed E-state index contributed by atoms with van der Waals surface area (Å²) in [5.74, 6) is 0.152. The summed E-state index contributed by atoms with van der Waals surface area (Å²) in [7, 11) is 0. The van der Waals surface area contributed by atoms with E-state index in [4.69, 9.17) is 9.62 Å². The summed E-state index contributed by atoms with van der Waals surface area (Å²) in [6, 6.07) is 13.4. The Kier molecular flexibility index (Phi) is 5.65. The first-order chi connectivity index (χ1) is 12.6. The number of amides is 1. The number of hydrogen-bond donors (Lipinski definition) is 3. The molecule has 0 aliphatic carbocycles. The summed E-state index contributed by atoms with van der Waals surface area (Å²) < 4.78 is 5.79. The molecule has 0 radical (unpaired) electrons. The third-order valence-corrected chi connectivity index (χ3v) is 4.34. The van der Waals surface area contributed by atoms with Crippen LogP contribution in [0.4, 0.5) is 0 Å². The molecule has 0 bridgehead atoms. The fraction of sp³-hybridized carbons (Fsp3) is 0.300. The third kappa shape index (κ3) is 4.28. The zero-order chi connectivity index (χ0) is 18.5. The highest BCUT2D eigenvalue weighted by atomic mass is 16.5. The number of hydrogen-bond acceptors (Lipinski definition) is 5. The van der Waals surface area contributed by atoms with Crippen molar-refractivity contribution in [2.75, 3.05) is 0 Å². The molecule has 0 saturated heterocycles. The maximum Gasteiger partial charge on any atom is 0.243 e. The van der Waals surface area contributed by atoms with Crippen molar-refractivity contribution in [3.05, 3.63) is 53.6 Å². The van der Waals surface area contributed by atoms with Gasteiger partial charge in [0.15, 0.2) is 5.58 Å². The second-order valence-corrected chi connectivity index (χ2v) is 6.41. The van der Waals surface area contributed by atoms with Gasteiger partial charge in [-0.3, -0.25) is 10.0 Å². The highest BCUT2D eigenvalue weighted by Gasteiger charge is 2.11. The van der Waals surface area contributed by atoms with Gasteiger partial charge in [0, 0.05) is 12.0 Å². The van der Waals surface area contributed by atoms with Gasteiger partial charge >= 0.3 is 0 Å². The first-order valence-electron chi connectivity index (χ1n) is 8.65. The monoisotopic (exact) mass is 354 g/mol. The predicted octanol–water partition coefficient (Wildman–Crippen LogP) is 3.90. The van der Waals surface area contributed by atoms with Crippen LogP contribution in [0.5, 0.6) is 0 Å². The number of aliphatic hydroxyl groups excluding tert-OH is 1. The lowest BCUT2D eigenvalue weighted by Gasteiger charge is -2.11. The molecule has 0 fully saturated rings. The Morgan fingerprint density at radius 2 is 1.96 bits per heavy atom. The molecular weight excluding hydrogens is 332 g/mol. The number of unbranched alkanes of at least 4 members (excludes halogenated alkanes) is 1. The smallest absolute Gasteiger partial charge is 0.243 e. The van der Waals surface area contributed by atoms with Crippen molar-refractivity contribution in [2.24, 2.45) is 0 Å². The number of rotatable bonds is 7. The van der Waals surface area contributed by atoms with E-state index in [1.165, 1.54) is 0 Å². The minimum atomic E-state index is -0.590. The molecule has 136 valence electrons. The average Bonchev–Trinajstić information content (AvgIpc) is 3.08. The van der Waals surface area contributed by atoms with Gasteiger partial charge < -0.3 is 9.52 Å². The van der Waals surface area contributed by atoms with Crippen LogP contribution in [-0.4, -0.2) is 21.2 Å². The van der Waals surface area contributed by atoms with Crippen LogP contribution in [0, 0.1) is 6.92 Å². The summed E-state index contributed by atoms with van der Waals surface area (Å²) in [4.78, 5) is 15.5. The van der Waals surface area contributed by atoms with E-state index in [0.29, 0.717) is 25.2 Å². The number of hydroxylamine groups is 1. The van der Waals surface area contributed by atoms with Crippen molar-refractivity contribution in [3.8, 4) is 11.5 Å². The van der Waals surface area contributed by atoms with Crippen molar-refractivity contribution in [1.29, 1.82) is 0 Å². The topological polar surface area (TPSA) is 95.6 Å². The first kappa shape index (κ1) is 18.1. The van der Waals surface area contributed by atoms with Crippen LogP contribution < -0.4 is 5.48 Å². The molecule has 6 nitrogen and oxygen atoms in total. The average molecular weight is 354 g/mol. The van der Waals surface area contributed by atoms with Crippen LogP contribution in [0.2, 0.25) is 0 Å². The number of aromatic nitrogens is 1. The summed E-state index contributed by atoms with van der Waals surface area (Å²) in [5.41, 5.74) is 5.98. The van der Waals surface area contributed by atoms with E-state index in [1.807, 2.05) is 49.4 Å². The Morgan fingerprint density at radius 3 is 2.69 bits per heavy atom. The van der Waals surface area contributed by atoms with Gasteiger partial charge in [0.05, 0.1) is 6.10 Å². The number of oxazole rings is 1. The number of nitrogens with one attached hydrogen (secondary N) is 1. The fourth-order valence-corrected chi connectivity index (χ4v) is 2.85. The number of carbonyl (C=O) groups excluding carboxylic acids is 1. The molecule has 0 aliphatic heterocycles. The third-order valence-electron chi connectivity index (χ3n) is 4.34. The molecule has 0 spiro atoms. The molecule has 1 atom stereocenters. The maximum atomic E-state index is 10.9. The second-order valence-electron chi connectivity index (χ2n) is 6.41. The van der Waals surface area contributed by atoms with Gasteiger partial charge in [-0.05, 0) is 55.2 Å². The van der Waals surface area contributed by atoms with E-state index in [9.17, 15) is 9.90 Å². The van der Waals surface area contributed by atoms with Crippen LogP contribution in [0.1, 0.15) is 42.9 Å². The van der Waals surface area contributed by atoms with E-state index in [0.717, 1.165) is 27.8 Å². The van der Waals surface area contributed by atoms with E-state index in [-0.39, 0.29) is 6.42 Å². The van der Waals surface area contributed by atoms with Crippen LogP contribution in [0.25, 0.3) is 22.6 Å². The Labute approximate surface area is 151 Å². The quantitative estimate of drug-likeness (QED) is 0.340. The largest absolute Gasteiger partial charge is 0.436 e. The summed E-state index contributed by atoms with van der Waals surface area (Å²) >= 11 is 0. The Morgan fingerprint density at radius 1 is 1.19 bits per heavy atom. The van der Waals surface area contributed by atoms with Crippen molar-refractivity contribution in [3.63, 3.8) is 0 Å². The Bertz CT molecular complexity index is 886. The van der Waals surface area contributed by atoms with E-state index in [2.05, 4.69) is 4.98 Å². The highest BCUT2D eigenvalue weighted by Crippen LogP contribution is 2.27. The summed E-state index contributed by atoms with van der Waals surface area (Å²) in [6.45, 7) is 2.01. The van der Waals surface area contributed by atoms with E-state index < -0.39 is 12.0 Å². The van der Waals surface area contributed by atoms with Gasteiger partial charge in [-0.1, -0.05) is 24.6 Å². The van der Waals surface area contributed by atoms with Crippen molar-refractivity contribution in [1.82, 2.24) is 10.5 Å². The molecular formula is C20H22N2O4. The molecule has 26 heavy (non-hydrogen) atoms. The number of aliphatic hydroxyl groups is 1. The van der Waals surface area contributed by atoms with Gasteiger partial charge in [0.25, 0.3) is 0 Å². The number of aryl methyl sites for hydroxylation is 1. The van der Waals surface area contributed by atoms with E-state index in [1.54, 1.807) is 5.48 Å². The fourth-order valence-electron chi connectivity index (χ4n) is 2.85. The molecule has 2 aromatic carbocycles. The number of fused-ring (bicyclic) bond motifs is 1. The molecule has 1 heterocycles. The molecule has 0 aliphatic rings. The van der Waals surface area contributed by atoms with Gasteiger partial charge in [-0.25, -0.2) is 10.5 Å². The molecule has 0 saturated carbocycles. The molecule has 1 unspecified atom stereocenters. The summed E-state index contributed by atoms with van der Waals surface area (Å²) in [5, 5.41) is 18.7. The lowest BCUT2D eigenvalue weighted by molar-refractivity contribution is -0.129. The van der Waals surface area contributed by atoms with E-state index >= 15 is 0 Å². The van der Waals surface area contributed by atoms with Gasteiger partial charge in [0.2, 0.25) is 11.8 Å². The number of carbonyl (C=O) groups is 1. The SMILES string of the molecule is Cc1ccc2oc(-c3ccc(C(O)CCCCC(=O)NO)cc3)nc2c1. The standard InChI is InChI=1S/C20H22N2O4/c1-13-6-11-18-16(12-13)21-20(26-18)15-9-7-14(8-10-15)17(23)4-2-3-5-19(24)22-25/h6-12,17,23,25H,2-5H2,1H3,(H,22,24). The van der Waals surface area contributed by atoms with Crippen LogP contribution in [-0.2, 0) is 4.79 Å². The van der Waals surface area contributed by atoms with Gasteiger partial charge in [-0.15, -0.1) is 0 Å². The van der Waals surface area contributed by atoms with Crippen molar-refractivity contribution >= 4 is 17.0 Å². The molecule has 1 amide bonds. The number of benzene rings is 2. The van der Waals surface area contributed by atoms with Crippen LogP contribution in [0.15, 0.2) is 46.9 Å². The van der Waals surface area contributed by atoms with Crippen molar-refractivity contribution < 1.29 is 19.5 Å². The minimum Gasteiger partial charge on any atom is -0.436 e. The Hall–Kier alpha value is -2.70. The minimum absolute atomic E-state index is 0.249. The first-order valence-corrected chi connectivity index (χ1v) is 8.65. The van der Waals surface area contributed by atoms with Gasteiger partial charge in [0.1, 0.15) is 5.52 Å². The van der Waals surface area contributed by atoms with Crippen molar-refractivity contribution in [2.45, 2.75) is 38.7 Å². The zero-order valence-corrected chi connectivity index (χ0v) is 14.6. The molecule has 6 heteroatoms. The molecule has 1 aromatic heterocycles. The van der Waals surface area contributed by atoms with Gasteiger partial charge in [-0.2, -0.15) is 0 Å².